The van der Waals surface area contributed by atoms with Crippen LogP contribution in [-0.4, -0.2) is 160 Å². The van der Waals surface area contributed by atoms with Crippen LogP contribution in [0.3, 0.4) is 0 Å². The molecule has 1 saturated carbocycles. The molecule has 0 spiro atoms. The first kappa shape index (κ1) is 89.0. The topological polar surface area (TPSA) is 436 Å². The Bertz CT molecular complexity index is 6370. The number of hydrogen-bond donors (Lipinski definition) is 13. The number of aromatic nitrogens is 7. The summed E-state index contributed by atoms with van der Waals surface area (Å²) in [5.74, 6) is -0.499. The standard InChI is InChI=1S/C24H25N3O4.C20H21N3O3.C19H19N3O3.C15H17N3O3.C15H16N2O3/c1-24(9-11-25-12-10-24)21(28)14-16-2-6-19(7-3-16)27-13-8-17-4-5-18(22(29)26-31)15-20(17)23(27)30;1-22(2)12-16-13-23(11-14-6-4-3-5-7-14)20(25)18-10-15(19(24)21-26)8-9-17(16)18;1-20-10-15-12-22(11-13-5-3-2-4-6-13)19(24)17-9-14(18(23)21-25)7-8-16(15)17;19-8-13(20)10-1-2-11-12(7-10)17-14(18-15(11)21)9-3-5-16-6-4-9;18-8-13(19)10-5-6-11-12(7-10)16-14(17-15(11)20)9-3-1-2-4-9/h2-8,13,15,25,31H,9-12,14H2,1H3,(H,26,29);3-10,13,26H,11-12H2,1-2H3,(H,21,24);2-9,12,20,25H,10-11H2,1H3,(H,21,23);1-2,7,9,16,19H,3-6,8H2,(H,17,18,21);5-7,9,18H,1-4,8H2,(H,16,17,20). The molecule has 5 aromatic heterocycles. The number of amides is 3. The van der Waals surface area contributed by atoms with Gasteiger partial charge >= 0.3 is 0 Å². The van der Waals surface area contributed by atoms with E-state index in [2.05, 4.69) is 35.9 Å². The smallest absolute Gasteiger partial charge is 0.274 e. The Balaban J connectivity index is 0.000000142. The lowest BCUT2D eigenvalue weighted by Gasteiger charge is -2.32. The number of carbonyl (C=O) groups is 6. The van der Waals surface area contributed by atoms with E-state index < -0.39 is 30.9 Å². The number of aromatic amines is 2. The Kier molecular flexibility index (Phi) is 29.9. The minimum Gasteiger partial charge on any atom is -0.388 e. The third kappa shape index (κ3) is 21.7. The molecule has 0 radical (unpaired) electrons. The first-order valence-electron chi connectivity index (χ1n) is 40.5. The maximum atomic E-state index is 13.0. The minimum absolute atomic E-state index is 0.167. The van der Waals surface area contributed by atoms with Crippen molar-refractivity contribution in [1.82, 2.24) is 70.9 Å². The lowest BCUT2D eigenvalue weighted by molar-refractivity contribution is -0.128. The molecule has 2 saturated heterocycles. The van der Waals surface area contributed by atoms with Crippen molar-refractivity contribution < 1.29 is 54.6 Å². The number of benzene rings is 8. The van der Waals surface area contributed by atoms with Gasteiger partial charge in [-0.2, -0.15) is 0 Å². The average molecular weight is 1670 g/mol. The number of piperidine rings is 2. The number of Topliss-reactive ketones (excluding diaryl/α,β-unsaturated/α-hetero) is 3. The van der Waals surface area contributed by atoms with E-state index in [1.54, 1.807) is 111 Å². The highest BCUT2D eigenvalue weighted by molar-refractivity contribution is 6.02. The SMILES string of the molecule is CC1(C(=O)Cc2ccc(-n3ccc4ccc(C(=O)NO)cc4c3=O)cc2)CCNCC1.CN(C)Cc1cn(Cc2ccccc2)c(=O)c2cc(C(=O)NO)ccc12.CNCc1cn(Cc2ccccc2)c(=O)c2cc(C(=O)NO)ccc12.O=C(CO)c1ccc2c(=O)[nH]c(C3CCCC3)nc2c1.O=C(CO)c1ccc2c(=O)[nH]c(C3CCNCC3)nc2c1. The van der Waals surface area contributed by atoms with E-state index >= 15 is 0 Å². The summed E-state index contributed by atoms with van der Waals surface area (Å²) < 4.78 is 4.81. The molecule has 16 rings (SSSR count). The number of H-pyrrole nitrogens is 2. The number of hydroxylamine groups is 3. The van der Waals surface area contributed by atoms with Crippen molar-refractivity contribution in [2.24, 2.45) is 5.41 Å². The molecular formula is C93H98N14O16. The summed E-state index contributed by atoms with van der Waals surface area (Å²) in [4.78, 5) is 151. The molecule has 3 amide bonds. The van der Waals surface area contributed by atoms with Crippen LogP contribution in [0.2, 0.25) is 0 Å². The van der Waals surface area contributed by atoms with Crippen LogP contribution in [0, 0.1) is 5.41 Å². The number of pyridine rings is 3. The Morgan fingerprint density at radius 1 is 0.480 bits per heavy atom. The largest absolute Gasteiger partial charge is 0.388 e. The highest BCUT2D eigenvalue weighted by atomic mass is 16.5. The summed E-state index contributed by atoms with van der Waals surface area (Å²) in [6.45, 7) is 6.68. The third-order valence-corrected chi connectivity index (χ3v) is 22.4. The normalized spacial score (nSPS) is 13.8. The quantitative estimate of drug-likeness (QED) is 0.0181. The maximum absolute atomic E-state index is 13.0. The fraction of sp³-hybridized carbons (Fsp3) is 0.280. The third-order valence-electron chi connectivity index (χ3n) is 22.4. The van der Waals surface area contributed by atoms with Crippen molar-refractivity contribution in [3.05, 3.63) is 320 Å². The van der Waals surface area contributed by atoms with E-state index in [0.717, 1.165) is 116 Å². The second kappa shape index (κ2) is 41.3. The zero-order valence-corrected chi connectivity index (χ0v) is 68.6. The number of rotatable bonds is 21. The average Bonchev–Trinajstić information content (AvgIpc) is 1.22. The highest BCUT2D eigenvalue weighted by Crippen LogP contribution is 2.34. The van der Waals surface area contributed by atoms with Crippen molar-refractivity contribution in [2.45, 2.75) is 103 Å². The van der Waals surface area contributed by atoms with Crippen molar-refractivity contribution in [3.63, 3.8) is 0 Å². The molecule has 3 aliphatic rings. The van der Waals surface area contributed by atoms with Crippen LogP contribution in [0.1, 0.15) is 161 Å². The molecule has 0 unspecified atom stereocenters. The Labute approximate surface area is 705 Å². The van der Waals surface area contributed by atoms with Gasteiger partial charge in [-0.1, -0.05) is 123 Å². The van der Waals surface area contributed by atoms with E-state index in [0.29, 0.717) is 110 Å². The summed E-state index contributed by atoms with van der Waals surface area (Å²) in [7, 11) is 5.77. The van der Waals surface area contributed by atoms with Crippen LogP contribution in [-0.2, 0) is 37.4 Å². The molecule has 13 N–H and O–H groups in total. The lowest BCUT2D eigenvalue weighted by atomic mass is 9.75. The number of aliphatic hydroxyl groups is 2. The van der Waals surface area contributed by atoms with E-state index in [9.17, 15) is 52.7 Å². The van der Waals surface area contributed by atoms with Crippen molar-refractivity contribution in [1.29, 1.82) is 0 Å². The molecule has 123 heavy (non-hydrogen) atoms. The monoisotopic (exact) mass is 1670 g/mol. The molecular weight excluding hydrogens is 1570 g/mol. The summed E-state index contributed by atoms with van der Waals surface area (Å²) in [6, 6.07) is 52.5. The van der Waals surface area contributed by atoms with E-state index in [1.165, 1.54) is 22.8 Å². The summed E-state index contributed by atoms with van der Waals surface area (Å²) >= 11 is 0. The van der Waals surface area contributed by atoms with Crippen molar-refractivity contribution in [3.8, 4) is 5.69 Å². The molecule has 2 aliphatic heterocycles. The van der Waals surface area contributed by atoms with Crippen molar-refractivity contribution >= 4 is 89.2 Å². The molecule has 30 heteroatoms. The van der Waals surface area contributed by atoms with Crippen LogP contribution < -0.4 is 60.2 Å². The molecule has 0 bridgehead atoms. The molecule has 1 aliphatic carbocycles. The molecule has 13 aromatic rings. The Hall–Kier alpha value is -13.3. The van der Waals surface area contributed by atoms with Gasteiger partial charge in [0, 0.05) is 105 Å². The van der Waals surface area contributed by atoms with Crippen LogP contribution in [0.25, 0.3) is 59.8 Å². The van der Waals surface area contributed by atoms with Gasteiger partial charge in [-0.25, -0.2) is 26.4 Å². The molecule has 3 fully saturated rings. The zero-order chi connectivity index (χ0) is 87.4. The van der Waals surface area contributed by atoms with E-state index in [4.69, 9.17) is 25.8 Å². The molecule has 636 valence electrons. The van der Waals surface area contributed by atoms with Gasteiger partial charge in [-0.05, 0) is 209 Å². The number of carbonyl (C=O) groups excluding carboxylic acids is 6. The fourth-order valence-electron chi connectivity index (χ4n) is 15.6. The number of nitrogens with one attached hydrogen (secondary N) is 8. The van der Waals surface area contributed by atoms with Crippen molar-refractivity contribution in [2.75, 3.05) is 60.5 Å². The van der Waals surface area contributed by atoms with Crippen LogP contribution in [0.15, 0.2) is 225 Å². The molecule has 7 heterocycles. The maximum Gasteiger partial charge on any atom is 0.274 e. The second-order valence-corrected chi connectivity index (χ2v) is 31.2. The summed E-state index contributed by atoms with van der Waals surface area (Å²) in [5, 5.41) is 58.6. The minimum atomic E-state index is -0.673. The summed E-state index contributed by atoms with van der Waals surface area (Å²) in [6.07, 6.45) is 13.8. The lowest BCUT2D eigenvalue weighted by Crippen LogP contribution is -2.40. The first-order valence-corrected chi connectivity index (χ1v) is 40.5. The van der Waals surface area contributed by atoms with E-state index in [-0.39, 0.29) is 73.2 Å². The number of nitrogens with zero attached hydrogens (tertiary/aromatic N) is 6. The molecule has 8 aromatic carbocycles. The van der Waals surface area contributed by atoms with Crippen LogP contribution in [0.4, 0.5) is 0 Å². The fourth-order valence-corrected chi connectivity index (χ4v) is 15.6. The van der Waals surface area contributed by atoms with Crippen LogP contribution >= 0.6 is 0 Å². The highest BCUT2D eigenvalue weighted by Gasteiger charge is 2.34. The van der Waals surface area contributed by atoms with Crippen LogP contribution in [0.5, 0.6) is 0 Å². The van der Waals surface area contributed by atoms with Gasteiger partial charge in [0.2, 0.25) is 0 Å². The van der Waals surface area contributed by atoms with Gasteiger partial charge in [0.1, 0.15) is 30.6 Å². The Morgan fingerprint density at radius 2 is 0.919 bits per heavy atom. The number of hydrogen-bond acceptors (Lipinski definition) is 22. The molecule has 30 nitrogen and oxygen atoms in total. The number of aliphatic hydroxyl groups excluding tert-OH is 2. The van der Waals surface area contributed by atoms with Gasteiger partial charge in [0.15, 0.2) is 11.6 Å². The number of ketones is 3. The van der Waals surface area contributed by atoms with Gasteiger partial charge in [-0.15, -0.1) is 0 Å². The van der Waals surface area contributed by atoms with Gasteiger partial charge in [0.05, 0.1) is 34.9 Å². The van der Waals surface area contributed by atoms with E-state index in [1.807, 2.05) is 130 Å². The van der Waals surface area contributed by atoms with Gasteiger partial charge < -0.3 is 50.2 Å². The van der Waals surface area contributed by atoms with Gasteiger partial charge in [-0.3, -0.25) is 72.9 Å². The summed E-state index contributed by atoms with van der Waals surface area (Å²) in [5.41, 5.74) is 11.6. The number of fused-ring (bicyclic) bond motifs is 5. The Morgan fingerprint density at radius 3 is 1.39 bits per heavy atom. The predicted molar refractivity (Wildman–Crippen MR) is 467 cm³/mol. The predicted octanol–water partition coefficient (Wildman–Crippen LogP) is 9.05. The van der Waals surface area contributed by atoms with Gasteiger partial charge in [0.25, 0.3) is 45.5 Å². The zero-order valence-electron chi connectivity index (χ0n) is 68.6. The second-order valence-electron chi connectivity index (χ2n) is 31.2. The molecule has 0 atom stereocenters. The first-order chi connectivity index (χ1) is 59.4.